The number of aliphatic hydroxyl groups is 1. The number of nitrogens with zero attached hydrogens (tertiary/aromatic N) is 1. The molecule has 4 nitrogen and oxygen atoms in total. The second kappa shape index (κ2) is 4.31. The van der Waals surface area contributed by atoms with Crippen molar-refractivity contribution < 1.29 is 9.84 Å². The van der Waals surface area contributed by atoms with E-state index in [9.17, 15) is 5.11 Å². The number of ether oxygens (including phenoxy) is 1. The van der Waals surface area contributed by atoms with Crippen LogP contribution in [0, 0.1) is 0 Å². The number of likely N-dealkylation sites (N-methyl/N-ethyl adjacent to an activating group) is 1. The molecule has 3 N–H and O–H groups in total. The molecule has 0 bridgehead atoms. The van der Waals surface area contributed by atoms with Gasteiger partial charge in [-0.15, -0.1) is 0 Å². The molecular formula is C12H18N2O2. The largest absolute Gasteiger partial charge is 0.495 e. The Hall–Kier alpha value is -1.26. The third-order valence-electron chi connectivity index (χ3n) is 3.27. The molecule has 4 heteroatoms. The lowest BCUT2D eigenvalue weighted by atomic mass is 10.1. The molecule has 0 fully saturated rings. The molecular weight excluding hydrogens is 204 g/mol. The van der Waals surface area contributed by atoms with Crippen molar-refractivity contribution in [1.82, 2.24) is 0 Å². The molecule has 0 saturated heterocycles. The highest BCUT2D eigenvalue weighted by Crippen LogP contribution is 2.39. The van der Waals surface area contributed by atoms with E-state index < -0.39 is 6.10 Å². The van der Waals surface area contributed by atoms with Crippen LogP contribution in [0.25, 0.3) is 0 Å². The predicted octanol–water partition coefficient (Wildman–Crippen LogP) is 0.376. The molecule has 0 aliphatic carbocycles. The Bertz CT molecular complexity index is 381. The molecule has 0 spiro atoms. The molecule has 0 amide bonds. The van der Waals surface area contributed by atoms with Crippen molar-refractivity contribution in [3.8, 4) is 5.75 Å². The smallest absolute Gasteiger partial charge is 0.142 e. The summed E-state index contributed by atoms with van der Waals surface area (Å²) in [4.78, 5) is 2.06. The second-order valence-electron chi connectivity index (χ2n) is 4.15. The lowest BCUT2D eigenvalue weighted by Crippen LogP contribution is -2.43. The Morgan fingerprint density at radius 3 is 3.00 bits per heavy atom. The van der Waals surface area contributed by atoms with Crippen LogP contribution in [0.15, 0.2) is 18.2 Å². The van der Waals surface area contributed by atoms with Crippen LogP contribution >= 0.6 is 0 Å². The molecule has 0 radical (unpaired) electrons. The van der Waals surface area contributed by atoms with E-state index in [2.05, 4.69) is 11.0 Å². The van der Waals surface area contributed by atoms with Crippen molar-refractivity contribution in [2.45, 2.75) is 18.6 Å². The summed E-state index contributed by atoms with van der Waals surface area (Å²) < 4.78 is 5.33. The van der Waals surface area contributed by atoms with E-state index in [0.29, 0.717) is 0 Å². The quantitative estimate of drug-likeness (QED) is 0.776. The van der Waals surface area contributed by atoms with Crippen LogP contribution in [-0.2, 0) is 6.42 Å². The summed E-state index contributed by atoms with van der Waals surface area (Å²) in [6.45, 7) is 0.283. The summed E-state index contributed by atoms with van der Waals surface area (Å²) in [7, 11) is 3.63. The number of benzene rings is 1. The molecule has 2 unspecified atom stereocenters. The first kappa shape index (κ1) is 11.2. The highest BCUT2D eigenvalue weighted by atomic mass is 16.5. The Labute approximate surface area is 95.6 Å². The molecule has 1 aliphatic heterocycles. The molecule has 2 rings (SSSR count). The summed E-state index contributed by atoms with van der Waals surface area (Å²) in [5.74, 6) is 0.853. The number of hydrogen-bond acceptors (Lipinski definition) is 4. The molecule has 1 aromatic carbocycles. The van der Waals surface area contributed by atoms with Gasteiger partial charge in [0.25, 0.3) is 0 Å². The minimum Gasteiger partial charge on any atom is -0.495 e. The van der Waals surface area contributed by atoms with Gasteiger partial charge in [-0.3, -0.25) is 0 Å². The van der Waals surface area contributed by atoms with E-state index in [1.807, 2.05) is 19.2 Å². The maximum absolute atomic E-state index is 9.86. The summed E-state index contributed by atoms with van der Waals surface area (Å²) in [6.07, 6.45) is 0.323. The third-order valence-corrected chi connectivity index (χ3v) is 3.27. The predicted molar refractivity (Wildman–Crippen MR) is 64.0 cm³/mol. The van der Waals surface area contributed by atoms with E-state index in [1.54, 1.807) is 7.11 Å². The first-order chi connectivity index (χ1) is 7.69. The van der Waals surface area contributed by atoms with Crippen molar-refractivity contribution in [2.24, 2.45) is 5.73 Å². The normalized spacial score (nSPS) is 20.8. The van der Waals surface area contributed by atoms with E-state index in [1.165, 1.54) is 5.56 Å². The summed E-state index contributed by atoms with van der Waals surface area (Å²) in [5, 5.41) is 9.86. The van der Waals surface area contributed by atoms with E-state index in [-0.39, 0.29) is 12.6 Å². The van der Waals surface area contributed by atoms with E-state index >= 15 is 0 Å². The molecule has 1 aliphatic rings. The van der Waals surface area contributed by atoms with E-state index in [0.717, 1.165) is 17.9 Å². The number of nitrogens with two attached hydrogens (primary N) is 1. The lowest BCUT2D eigenvalue weighted by molar-refractivity contribution is 0.153. The standard InChI is InChI=1S/C12H18N2O2/c1-14-9(10(15)7-13)6-8-4-3-5-11(16-2)12(8)14/h3-5,9-10,15H,6-7,13H2,1-2H3. The Kier molecular flexibility index (Phi) is 3.03. The van der Waals surface area contributed by atoms with Gasteiger partial charge in [-0.05, 0) is 18.1 Å². The fourth-order valence-corrected chi connectivity index (χ4v) is 2.38. The zero-order valence-electron chi connectivity index (χ0n) is 9.68. The molecule has 1 heterocycles. The molecule has 16 heavy (non-hydrogen) atoms. The summed E-state index contributed by atoms with van der Waals surface area (Å²) in [5.41, 5.74) is 7.79. The number of rotatable bonds is 3. The highest BCUT2D eigenvalue weighted by Gasteiger charge is 2.33. The van der Waals surface area contributed by atoms with Gasteiger partial charge in [0.05, 0.1) is 24.9 Å². The highest BCUT2D eigenvalue weighted by molar-refractivity contribution is 5.68. The molecule has 0 aromatic heterocycles. The van der Waals surface area contributed by atoms with Crippen molar-refractivity contribution in [3.05, 3.63) is 23.8 Å². The minimum absolute atomic E-state index is 0.0521. The van der Waals surface area contributed by atoms with Gasteiger partial charge in [0, 0.05) is 13.6 Å². The topological polar surface area (TPSA) is 58.7 Å². The van der Waals surface area contributed by atoms with Crippen molar-refractivity contribution >= 4 is 5.69 Å². The van der Waals surface area contributed by atoms with Gasteiger partial charge in [0.1, 0.15) is 5.75 Å². The van der Waals surface area contributed by atoms with E-state index in [4.69, 9.17) is 10.5 Å². The Morgan fingerprint density at radius 1 is 1.62 bits per heavy atom. The van der Waals surface area contributed by atoms with Crippen LogP contribution in [0.3, 0.4) is 0 Å². The monoisotopic (exact) mass is 222 g/mol. The number of aliphatic hydroxyl groups excluding tert-OH is 1. The third kappa shape index (κ3) is 1.64. The maximum atomic E-state index is 9.86. The van der Waals surface area contributed by atoms with Crippen molar-refractivity contribution in [1.29, 1.82) is 0 Å². The van der Waals surface area contributed by atoms with Gasteiger partial charge in [-0.2, -0.15) is 0 Å². The van der Waals surface area contributed by atoms with Gasteiger partial charge in [-0.1, -0.05) is 12.1 Å². The van der Waals surface area contributed by atoms with Crippen LogP contribution in [0.5, 0.6) is 5.75 Å². The number of hydrogen-bond donors (Lipinski definition) is 2. The average Bonchev–Trinajstić information content (AvgIpc) is 2.66. The lowest BCUT2D eigenvalue weighted by Gasteiger charge is -2.27. The minimum atomic E-state index is -0.498. The maximum Gasteiger partial charge on any atom is 0.142 e. The van der Waals surface area contributed by atoms with Crippen LogP contribution in [0.4, 0.5) is 5.69 Å². The first-order valence-electron chi connectivity index (χ1n) is 5.46. The molecule has 88 valence electrons. The van der Waals surface area contributed by atoms with Gasteiger partial charge < -0.3 is 20.5 Å². The first-order valence-corrected chi connectivity index (χ1v) is 5.46. The van der Waals surface area contributed by atoms with Crippen LogP contribution in [-0.4, -0.2) is 38.0 Å². The van der Waals surface area contributed by atoms with Gasteiger partial charge in [0.2, 0.25) is 0 Å². The Morgan fingerprint density at radius 2 is 2.38 bits per heavy atom. The number of methoxy groups -OCH3 is 1. The Balaban J connectivity index is 2.34. The average molecular weight is 222 g/mol. The van der Waals surface area contributed by atoms with Gasteiger partial charge in [-0.25, -0.2) is 0 Å². The van der Waals surface area contributed by atoms with Crippen molar-refractivity contribution in [3.63, 3.8) is 0 Å². The summed E-state index contributed by atoms with van der Waals surface area (Å²) in [6, 6.07) is 6.03. The zero-order valence-corrected chi connectivity index (χ0v) is 9.68. The van der Waals surface area contributed by atoms with Gasteiger partial charge in [0.15, 0.2) is 0 Å². The fraction of sp³-hybridized carbons (Fsp3) is 0.500. The zero-order chi connectivity index (χ0) is 11.7. The number of para-hydroxylation sites is 1. The summed E-state index contributed by atoms with van der Waals surface area (Å²) >= 11 is 0. The van der Waals surface area contributed by atoms with Crippen LogP contribution in [0.2, 0.25) is 0 Å². The van der Waals surface area contributed by atoms with Crippen LogP contribution < -0.4 is 15.4 Å². The second-order valence-corrected chi connectivity index (χ2v) is 4.15. The molecule has 0 saturated carbocycles. The number of fused-ring (bicyclic) bond motifs is 1. The molecule has 2 atom stereocenters. The SMILES string of the molecule is COc1cccc2c1N(C)C(C(O)CN)C2. The van der Waals surface area contributed by atoms with Crippen molar-refractivity contribution in [2.75, 3.05) is 25.6 Å². The molecule has 1 aromatic rings. The van der Waals surface area contributed by atoms with Crippen LogP contribution in [0.1, 0.15) is 5.56 Å². The fourth-order valence-electron chi connectivity index (χ4n) is 2.38. The number of anilines is 1. The van der Waals surface area contributed by atoms with Gasteiger partial charge >= 0.3 is 0 Å².